The van der Waals surface area contributed by atoms with E-state index in [1.165, 1.54) is 7.11 Å². The smallest absolute Gasteiger partial charge is 0.413 e. The van der Waals surface area contributed by atoms with Gasteiger partial charge in [0.1, 0.15) is 17.7 Å². The van der Waals surface area contributed by atoms with E-state index in [1.807, 2.05) is 13.0 Å². The van der Waals surface area contributed by atoms with E-state index in [-0.39, 0.29) is 12.4 Å². The molecule has 1 saturated heterocycles. The van der Waals surface area contributed by atoms with Crippen LogP contribution in [0.15, 0.2) is 39.7 Å². The number of hydrogen-bond acceptors (Lipinski definition) is 9. The van der Waals surface area contributed by atoms with Crippen LogP contribution in [0.25, 0.3) is 11.0 Å². The normalized spacial score (nSPS) is 21.5. The average Bonchev–Trinajstić information content (AvgIpc) is 3.30. The fraction of sp³-hybridized carbons (Fsp3) is 0.381. The van der Waals surface area contributed by atoms with Gasteiger partial charge in [-0.2, -0.15) is 13.8 Å². The number of halogens is 2. The van der Waals surface area contributed by atoms with Crippen molar-refractivity contribution >= 4 is 22.9 Å². The summed E-state index contributed by atoms with van der Waals surface area (Å²) in [6.07, 6.45) is -6.09. The first kappa shape index (κ1) is 23.6. The number of furan rings is 1. The number of amides is 1. The number of aryl methyl sites for hydroxylation is 1. The number of fused-ring (bicyclic) bond motifs is 1. The minimum atomic E-state index is -3.85. The second kappa shape index (κ2) is 9.00. The Bertz CT molecular complexity index is 1270. The molecule has 34 heavy (non-hydrogen) atoms. The van der Waals surface area contributed by atoms with E-state index in [2.05, 4.69) is 10.3 Å². The molecule has 3 atom stereocenters. The van der Waals surface area contributed by atoms with Crippen LogP contribution < -0.4 is 15.7 Å². The van der Waals surface area contributed by atoms with Gasteiger partial charge < -0.3 is 28.8 Å². The average molecular weight is 481 g/mol. The number of methoxy groups -OCH3 is 1. The van der Waals surface area contributed by atoms with Gasteiger partial charge in [-0.05, 0) is 36.8 Å². The Hall–Kier alpha value is -3.55. The van der Waals surface area contributed by atoms with Crippen molar-refractivity contribution in [2.45, 2.75) is 37.9 Å². The Morgan fingerprint density at radius 3 is 2.76 bits per heavy atom. The maximum absolute atomic E-state index is 14.2. The van der Waals surface area contributed by atoms with Crippen LogP contribution in [-0.2, 0) is 16.1 Å². The quantitative estimate of drug-likeness (QED) is 0.481. The van der Waals surface area contributed by atoms with Gasteiger partial charge in [-0.3, -0.25) is 9.88 Å². The van der Waals surface area contributed by atoms with Crippen LogP contribution in [0, 0.1) is 6.92 Å². The van der Waals surface area contributed by atoms with Crippen molar-refractivity contribution < 1.29 is 42.4 Å². The lowest BCUT2D eigenvalue weighted by Gasteiger charge is -2.21. The van der Waals surface area contributed by atoms with Crippen molar-refractivity contribution in [3.05, 3.63) is 52.3 Å². The number of ether oxygens (including phenoxy) is 3. The number of rotatable bonds is 6. The molecule has 1 aromatic carbocycles. The molecule has 3 heterocycles. The number of aromatic nitrogens is 2. The Kier molecular flexibility index (Phi) is 6.25. The molecule has 0 saturated carbocycles. The van der Waals surface area contributed by atoms with Crippen molar-refractivity contribution in [1.29, 1.82) is 0 Å². The van der Waals surface area contributed by atoms with Crippen LogP contribution >= 0.6 is 0 Å². The summed E-state index contributed by atoms with van der Waals surface area (Å²) < 4.78 is 49.9. The van der Waals surface area contributed by atoms with Crippen molar-refractivity contribution in [2.75, 3.05) is 19.0 Å². The Labute approximate surface area is 190 Å². The summed E-state index contributed by atoms with van der Waals surface area (Å²) in [6, 6.07) is 6.44. The van der Waals surface area contributed by atoms with Gasteiger partial charge in [0.2, 0.25) is 6.23 Å². The van der Waals surface area contributed by atoms with E-state index in [1.54, 1.807) is 12.1 Å². The highest BCUT2D eigenvalue weighted by molar-refractivity contribution is 5.85. The monoisotopic (exact) mass is 481 g/mol. The maximum Gasteiger partial charge on any atom is 0.413 e. The minimum Gasteiger partial charge on any atom is -0.493 e. The molecule has 1 aliphatic rings. The number of aliphatic hydroxyl groups excluding tert-OH is 2. The van der Waals surface area contributed by atoms with Crippen LogP contribution in [0.3, 0.4) is 0 Å². The van der Waals surface area contributed by atoms with Crippen LogP contribution in [0.5, 0.6) is 5.75 Å². The molecule has 1 amide bonds. The van der Waals surface area contributed by atoms with Gasteiger partial charge in [0.25, 0.3) is 0 Å². The second-order valence-corrected chi connectivity index (χ2v) is 7.63. The van der Waals surface area contributed by atoms with Crippen LogP contribution in [0.1, 0.15) is 17.6 Å². The summed E-state index contributed by atoms with van der Waals surface area (Å²) >= 11 is 0. The lowest BCUT2D eigenvalue weighted by Crippen LogP contribution is -2.41. The van der Waals surface area contributed by atoms with Gasteiger partial charge in [0.15, 0.2) is 24.0 Å². The molecule has 0 radical (unpaired) electrons. The van der Waals surface area contributed by atoms with Gasteiger partial charge in [0.05, 0.1) is 13.7 Å². The van der Waals surface area contributed by atoms with Gasteiger partial charge in [-0.25, -0.2) is 9.59 Å². The molecule has 1 fully saturated rings. The lowest BCUT2D eigenvalue weighted by atomic mass is 10.1. The third-order valence-corrected chi connectivity index (χ3v) is 5.22. The molecule has 0 bridgehead atoms. The number of nitrogens with zero attached hydrogens (tertiary/aromatic N) is 2. The zero-order chi connectivity index (χ0) is 24.6. The van der Waals surface area contributed by atoms with Crippen molar-refractivity contribution in [3.8, 4) is 5.75 Å². The van der Waals surface area contributed by atoms with Gasteiger partial charge in [0, 0.05) is 11.6 Å². The lowest BCUT2D eigenvalue weighted by molar-refractivity contribution is -0.140. The highest BCUT2D eigenvalue weighted by Crippen LogP contribution is 2.42. The predicted molar refractivity (Wildman–Crippen MR) is 112 cm³/mol. The summed E-state index contributed by atoms with van der Waals surface area (Å²) in [4.78, 5) is 27.9. The van der Waals surface area contributed by atoms with Crippen LogP contribution in [0.4, 0.5) is 19.4 Å². The van der Waals surface area contributed by atoms with E-state index < -0.39 is 42.7 Å². The van der Waals surface area contributed by atoms with Gasteiger partial charge in [-0.15, -0.1) is 0 Å². The maximum atomic E-state index is 14.2. The third kappa shape index (κ3) is 4.32. The summed E-state index contributed by atoms with van der Waals surface area (Å²) in [6.45, 7) is 0.799. The molecule has 3 N–H and O–H groups in total. The first-order valence-electron chi connectivity index (χ1n) is 10.1. The number of benzene rings is 1. The molecular formula is C21H21F2N3O8. The van der Waals surface area contributed by atoms with Crippen LogP contribution in [0.2, 0.25) is 0 Å². The molecule has 0 spiro atoms. The molecule has 3 unspecified atom stereocenters. The molecular weight excluding hydrogens is 460 g/mol. The molecule has 1 aliphatic heterocycles. The van der Waals surface area contributed by atoms with Crippen molar-refractivity contribution in [3.63, 3.8) is 0 Å². The van der Waals surface area contributed by atoms with E-state index in [9.17, 15) is 23.5 Å². The number of alkyl halides is 2. The molecule has 4 rings (SSSR count). The highest BCUT2D eigenvalue weighted by atomic mass is 19.3. The Morgan fingerprint density at radius 1 is 1.35 bits per heavy atom. The van der Waals surface area contributed by atoms with Crippen LogP contribution in [-0.4, -0.2) is 57.7 Å². The Morgan fingerprint density at radius 2 is 2.12 bits per heavy atom. The number of aliphatic hydroxyl groups is 2. The molecule has 2 aromatic heterocycles. The summed E-state index contributed by atoms with van der Waals surface area (Å²) in [5, 5.41) is 21.6. The highest BCUT2D eigenvalue weighted by Gasteiger charge is 2.59. The Balaban J connectivity index is 1.42. The summed E-state index contributed by atoms with van der Waals surface area (Å²) in [7, 11) is 1.51. The third-order valence-electron chi connectivity index (χ3n) is 5.22. The predicted octanol–water partition coefficient (Wildman–Crippen LogP) is 1.94. The summed E-state index contributed by atoms with van der Waals surface area (Å²) in [5.41, 5.74) is 0.281. The van der Waals surface area contributed by atoms with Gasteiger partial charge in [-0.1, -0.05) is 0 Å². The van der Waals surface area contributed by atoms with E-state index in [0.29, 0.717) is 21.7 Å². The summed E-state index contributed by atoms with van der Waals surface area (Å²) in [5.74, 6) is -3.23. The molecule has 182 valence electrons. The minimum absolute atomic E-state index is 0.234. The first-order valence-corrected chi connectivity index (χ1v) is 10.1. The first-order chi connectivity index (χ1) is 16.1. The number of anilines is 1. The van der Waals surface area contributed by atoms with E-state index >= 15 is 0 Å². The zero-order valence-corrected chi connectivity index (χ0v) is 18.0. The number of hydrogen-bond donors (Lipinski definition) is 3. The molecule has 11 nitrogen and oxygen atoms in total. The number of nitrogens with one attached hydrogen (secondary N) is 1. The van der Waals surface area contributed by atoms with E-state index in [4.69, 9.17) is 23.7 Å². The largest absolute Gasteiger partial charge is 0.493 e. The van der Waals surface area contributed by atoms with Crippen molar-refractivity contribution in [1.82, 2.24) is 9.55 Å². The van der Waals surface area contributed by atoms with Gasteiger partial charge >= 0.3 is 17.7 Å². The second-order valence-electron chi connectivity index (χ2n) is 7.63. The fourth-order valence-electron chi connectivity index (χ4n) is 3.60. The number of carbonyl (C=O) groups is 1. The molecule has 0 aliphatic carbocycles. The van der Waals surface area contributed by atoms with Crippen molar-refractivity contribution in [2.24, 2.45) is 0 Å². The topological polar surface area (TPSA) is 145 Å². The zero-order valence-electron chi connectivity index (χ0n) is 18.0. The van der Waals surface area contributed by atoms with E-state index in [0.717, 1.165) is 23.2 Å². The number of carbonyl (C=O) groups excluding carboxylic acids is 1. The molecule has 13 heteroatoms. The standard InChI is InChI=1S/C21H21F2N3O8/c1-10-5-11-7-12(33-16(11)13(6-10)31-2)9-32-20(30)25-15-3-4-26(19(29)24-15)18-21(22,23)17(28)14(8-27)34-18/h3-7,14,17-18,27-28H,8-9H2,1-2H3,(H,24,25,29,30). The SMILES string of the molecule is COc1cc(C)cc2cc(COC(=O)Nc3ccn(C4OC(CO)C(O)C4(F)F)c(=O)n3)oc12. The molecule has 3 aromatic rings. The fourth-order valence-corrected chi connectivity index (χ4v) is 3.60.